The number of benzene rings is 2. The number of carbonyl (C=O) groups excluding carboxylic acids is 2. The van der Waals surface area contributed by atoms with Crippen molar-refractivity contribution in [2.75, 3.05) is 26.4 Å². The van der Waals surface area contributed by atoms with E-state index in [1.807, 2.05) is 0 Å². The number of aliphatic hydroxyl groups excluding tert-OH is 2. The molecule has 0 amide bonds. The Morgan fingerprint density at radius 2 is 1.47 bits per heavy atom. The minimum absolute atomic E-state index is 0.0200. The van der Waals surface area contributed by atoms with Crippen LogP contribution in [0.3, 0.4) is 0 Å². The number of aliphatic hydroxyl groups is 2. The van der Waals surface area contributed by atoms with Gasteiger partial charge in [-0.15, -0.1) is 0 Å². The van der Waals surface area contributed by atoms with E-state index in [-0.39, 0.29) is 31.3 Å². The van der Waals surface area contributed by atoms with E-state index in [0.717, 1.165) is 37.5 Å². The molecule has 0 saturated heterocycles. The Bertz CT molecular complexity index is 1270. The lowest BCUT2D eigenvalue weighted by Gasteiger charge is -2.35. The quantitative estimate of drug-likeness (QED) is 0.0954. The number of fused-ring (bicyclic) bond motifs is 1. The zero-order valence-corrected chi connectivity index (χ0v) is 29.1. The number of rotatable bonds is 18. The predicted octanol–water partition coefficient (Wildman–Crippen LogP) is 8.70. The highest BCUT2D eigenvalue weighted by Crippen LogP contribution is 2.41. The highest BCUT2D eigenvalue weighted by atomic mass is 16.5. The summed E-state index contributed by atoms with van der Waals surface area (Å²) in [4.78, 5) is 24.3. The molecule has 0 bridgehead atoms. The van der Waals surface area contributed by atoms with Crippen molar-refractivity contribution in [3.05, 3.63) is 59.7 Å². The fourth-order valence-electron chi connectivity index (χ4n) is 7.76. The van der Waals surface area contributed by atoms with Crippen LogP contribution in [0, 0.1) is 29.6 Å². The Balaban J connectivity index is 1.19. The summed E-state index contributed by atoms with van der Waals surface area (Å²) < 4.78 is 10.9. The molecular formula is C41H60O6. The molecule has 2 fully saturated rings. The van der Waals surface area contributed by atoms with Crippen LogP contribution in [0.4, 0.5) is 0 Å². The van der Waals surface area contributed by atoms with Crippen LogP contribution in [0.15, 0.2) is 48.6 Å². The van der Waals surface area contributed by atoms with E-state index < -0.39 is 24.5 Å². The molecule has 0 spiro atoms. The van der Waals surface area contributed by atoms with Crippen molar-refractivity contribution in [2.24, 2.45) is 29.6 Å². The van der Waals surface area contributed by atoms with Crippen LogP contribution in [-0.2, 0) is 25.5 Å². The standard InChI is InChI=1S/C41H60O6/c1-4-5-6-7-8-33-15-20-38-24-37(22-21-36(38)23-33)34-16-11-31(12-17-34)9-10-32-13-18-35(19-14-32)39(27-46-40(44)29(2)25-42)28-47-41(45)30(3)26-43/h15,20-24,30-32,34-35,39,42-43H,2,4-14,16-19,25-28H2,1,3H3. The number of hydrogen-bond acceptors (Lipinski definition) is 6. The molecule has 2 aliphatic carbocycles. The van der Waals surface area contributed by atoms with Gasteiger partial charge in [-0.05, 0) is 104 Å². The van der Waals surface area contributed by atoms with Crippen LogP contribution >= 0.6 is 0 Å². The predicted molar refractivity (Wildman–Crippen MR) is 189 cm³/mol. The van der Waals surface area contributed by atoms with Crippen molar-refractivity contribution < 1.29 is 29.3 Å². The molecule has 47 heavy (non-hydrogen) atoms. The second-order valence-corrected chi connectivity index (χ2v) is 14.7. The van der Waals surface area contributed by atoms with Gasteiger partial charge in [-0.25, -0.2) is 4.79 Å². The summed E-state index contributed by atoms with van der Waals surface area (Å²) in [7, 11) is 0. The van der Waals surface area contributed by atoms with Gasteiger partial charge in [0, 0.05) is 5.92 Å². The van der Waals surface area contributed by atoms with Crippen molar-refractivity contribution in [1.29, 1.82) is 0 Å². The maximum absolute atomic E-state index is 12.2. The largest absolute Gasteiger partial charge is 0.465 e. The van der Waals surface area contributed by atoms with Crippen LogP contribution in [-0.4, -0.2) is 48.6 Å². The summed E-state index contributed by atoms with van der Waals surface area (Å²) in [5.74, 6) is 0.777. The summed E-state index contributed by atoms with van der Waals surface area (Å²) in [6.07, 6.45) is 18.6. The van der Waals surface area contributed by atoms with E-state index in [1.165, 1.54) is 92.5 Å². The maximum Gasteiger partial charge on any atom is 0.335 e. The minimum Gasteiger partial charge on any atom is -0.465 e. The zero-order chi connectivity index (χ0) is 33.6. The fourth-order valence-corrected chi connectivity index (χ4v) is 7.76. The second kappa shape index (κ2) is 19.3. The average molecular weight is 649 g/mol. The summed E-state index contributed by atoms with van der Waals surface area (Å²) in [6, 6.07) is 14.3. The molecule has 0 radical (unpaired) electrons. The van der Waals surface area contributed by atoms with E-state index in [0.29, 0.717) is 11.8 Å². The summed E-state index contributed by atoms with van der Waals surface area (Å²) in [5, 5.41) is 21.3. The second-order valence-electron chi connectivity index (χ2n) is 14.7. The van der Waals surface area contributed by atoms with Crippen molar-refractivity contribution in [1.82, 2.24) is 0 Å². The lowest BCUT2D eigenvalue weighted by molar-refractivity contribution is -0.153. The average Bonchev–Trinajstić information content (AvgIpc) is 3.11. The zero-order valence-electron chi connectivity index (χ0n) is 29.1. The number of unbranched alkanes of at least 4 members (excludes halogenated alkanes) is 3. The Hall–Kier alpha value is -2.70. The SMILES string of the molecule is C=C(CO)C(=O)OCC(COC(=O)C(C)CO)C1CCC(CCC2CCC(c3ccc4cc(CCCCCC)ccc4c3)CC2)CC1. The number of esters is 2. The smallest absolute Gasteiger partial charge is 0.335 e. The molecule has 260 valence electrons. The topological polar surface area (TPSA) is 93.1 Å². The van der Waals surface area contributed by atoms with Gasteiger partial charge in [0.15, 0.2) is 0 Å². The van der Waals surface area contributed by atoms with Crippen LogP contribution in [0.5, 0.6) is 0 Å². The highest BCUT2D eigenvalue weighted by molar-refractivity contribution is 5.88. The van der Waals surface area contributed by atoms with E-state index in [1.54, 1.807) is 6.92 Å². The Morgan fingerprint density at radius 1 is 0.830 bits per heavy atom. The van der Waals surface area contributed by atoms with Crippen LogP contribution in [0.25, 0.3) is 10.8 Å². The number of ether oxygens (including phenoxy) is 2. The Labute approximate surface area is 283 Å². The molecule has 6 nitrogen and oxygen atoms in total. The van der Waals surface area contributed by atoms with E-state index in [4.69, 9.17) is 9.47 Å². The van der Waals surface area contributed by atoms with E-state index in [2.05, 4.69) is 49.9 Å². The van der Waals surface area contributed by atoms with Gasteiger partial charge in [-0.3, -0.25) is 4.79 Å². The van der Waals surface area contributed by atoms with Crippen molar-refractivity contribution >= 4 is 22.7 Å². The van der Waals surface area contributed by atoms with Crippen molar-refractivity contribution in [2.45, 2.75) is 116 Å². The Morgan fingerprint density at radius 3 is 2.13 bits per heavy atom. The summed E-state index contributed by atoms with van der Waals surface area (Å²) in [6.45, 7) is 7.05. The molecule has 2 aliphatic rings. The third kappa shape index (κ3) is 11.5. The molecule has 2 saturated carbocycles. The monoisotopic (exact) mass is 648 g/mol. The molecule has 2 atom stereocenters. The number of hydrogen-bond donors (Lipinski definition) is 2. The van der Waals surface area contributed by atoms with Crippen molar-refractivity contribution in [3.8, 4) is 0 Å². The molecule has 2 aromatic rings. The highest BCUT2D eigenvalue weighted by Gasteiger charge is 2.31. The first kappa shape index (κ1) is 37.1. The molecule has 2 aromatic carbocycles. The molecule has 6 heteroatoms. The number of carbonyl (C=O) groups is 2. The molecule has 0 aliphatic heterocycles. The van der Waals surface area contributed by atoms with Crippen LogP contribution in [0.1, 0.15) is 121 Å². The molecule has 0 heterocycles. The van der Waals surface area contributed by atoms with E-state index >= 15 is 0 Å². The Kier molecular flexibility index (Phi) is 15.3. The van der Waals surface area contributed by atoms with Gasteiger partial charge in [0.2, 0.25) is 0 Å². The van der Waals surface area contributed by atoms with Gasteiger partial charge in [0.1, 0.15) is 0 Å². The lowest BCUT2D eigenvalue weighted by atomic mass is 9.72. The third-order valence-corrected chi connectivity index (χ3v) is 11.1. The molecule has 0 aromatic heterocycles. The minimum atomic E-state index is -0.612. The van der Waals surface area contributed by atoms with Gasteiger partial charge in [0.05, 0.1) is 37.9 Å². The molecule has 2 N–H and O–H groups in total. The van der Waals surface area contributed by atoms with Gasteiger partial charge in [-0.1, -0.05) is 94.8 Å². The van der Waals surface area contributed by atoms with Crippen LogP contribution < -0.4 is 0 Å². The van der Waals surface area contributed by atoms with Gasteiger partial charge in [-0.2, -0.15) is 0 Å². The van der Waals surface area contributed by atoms with Gasteiger partial charge < -0.3 is 19.7 Å². The lowest BCUT2D eigenvalue weighted by Crippen LogP contribution is -2.32. The van der Waals surface area contributed by atoms with Crippen molar-refractivity contribution in [3.63, 3.8) is 0 Å². The first-order chi connectivity index (χ1) is 22.8. The number of aryl methyl sites for hydroxylation is 1. The summed E-state index contributed by atoms with van der Waals surface area (Å²) in [5.41, 5.74) is 3.00. The first-order valence-electron chi connectivity index (χ1n) is 18.6. The molecular weight excluding hydrogens is 588 g/mol. The first-order valence-corrected chi connectivity index (χ1v) is 18.6. The van der Waals surface area contributed by atoms with E-state index in [9.17, 15) is 19.8 Å². The molecule has 2 unspecified atom stereocenters. The van der Waals surface area contributed by atoms with Crippen LogP contribution in [0.2, 0.25) is 0 Å². The van der Waals surface area contributed by atoms with Gasteiger partial charge in [0.25, 0.3) is 0 Å². The molecule has 4 rings (SSSR count). The fraction of sp³-hybridized carbons (Fsp3) is 0.659. The summed E-state index contributed by atoms with van der Waals surface area (Å²) >= 11 is 0. The third-order valence-electron chi connectivity index (χ3n) is 11.1. The normalized spacial score (nSPS) is 22.8. The maximum atomic E-state index is 12.2. The van der Waals surface area contributed by atoms with Gasteiger partial charge >= 0.3 is 11.9 Å².